The fraction of sp³-hybridized carbons (Fsp3) is 0.500. The van der Waals surface area contributed by atoms with Crippen LogP contribution in [0.1, 0.15) is 44.1 Å². The fourth-order valence-corrected chi connectivity index (χ4v) is 2.33. The first-order valence-corrected chi connectivity index (χ1v) is 9.67. The van der Waals surface area contributed by atoms with E-state index < -0.39 is 12.1 Å². The standard InChI is InChI=1S/C20H29N3O6/c24-17(22-13-6-11-19(26)27)9-4-12-21-18(25)10-5-14-23-20(28)29-15-16-7-2-1-3-8-16/h1-3,7-8H,4-6,9-15H2,(H,21,25)(H,22,24)(H,23,28)(H,26,27). The van der Waals surface area contributed by atoms with Crippen LogP contribution in [-0.2, 0) is 25.7 Å². The third-order valence-corrected chi connectivity index (χ3v) is 3.86. The van der Waals surface area contributed by atoms with Crippen LogP contribution in [0.2, 0.25) is 0 Å². The van der Waals surface area contributed by atoms with Crippen molar-refractivity contribution in [3.05, 3.63) is 35.9 Å². The van der Waals surface area contributed by atoms with E-state index in [1.165, 1.54) is 0 Å². The predicted molar refractivity (Wildman–Crippen MR) is 106 cm³/mol. The van der Waals surface area contributed by atoms with Gasteiger partial charge in [0.25, 0.3) is 0 Å². The highest BCUT2D eigenvalue weighted by atomic mass is 16.5. The first kappa shape index (κ1) is 23.9. The molecule has 0 radical (unpaired) electrons. The van der Waals surface area contributed by atoms with Gasteiger partial charge in [0.2, 0.25) is 11.8 Å². The molecule has 0 bridgehead atoms. The molecule has 0 spiro atoms. The summed E-state index contributed by atoms with van der Waals surface area (Å²) >= 11 is 0. The van der Waals surface area contributed by atoms with E-state index in [4.69, 9.17) is 9.84 Å². The Morgan fingerprint density at radius 2 is 1.28 bits per heavy atom. The maximum absolute atomic E-state index is 11.7. The molecule has 160 valence electrons. The van der Waals surface area contributed by atoms with Gasteiger partial charge in [0.1, 0.15) is 6.61 Å². The van der Waals surface area contributed by atoms with Crippen molar-refractivity contribution in [2.75, 3.05) is 19.6 Å². The van der Waals surface area contributed by atoms with E-state index in [0.717, 1.165) is 5.56 Å². The summed E-state index contributed by atoms with van der Waals surface area (Å²) in [5.41, 5.74) is 0.899. The van der Waals surface area contributed by atoms with E-state index >= 15 is 0 Å². The van der Waals surface area contributed by atoms with Gasteiger partial charge in [-0.3, -0.25) is 14.4 Å². The van der Waals surface area contributed by atoms with Crippen LogP contribution in [0.5, 0.6) is 0 Å². The van der Waals surface area contributed by atoms with E-state index in [1.807, 2.05) is 30.3 Å². The van der Waals surface area contributed by atoms with Crippen molar-refractivity contribution < 1.29 is 29.0 Å². The number of rotatable bonds is 14. The molecular weight excluding hydrogens is 378 g/mol. The highest BCUT2D eigenvalue weighted by Gasteiger charge is 2.05. The molecule has 0 aliphatic carbocycles. The van der Waals surface area contributed by atoms with Crippen molar-refractivity contribution in [1.82, 2.24) is 16.0 Å². The number of carbonyl (C=O) groups excluding carboxylic acids is 3. The third-order valence-electron chi connectivity index (χ3n) is 3.86. The summed E-state index contributed by atoms with van der Waals surface area (Å²) in [6.07, 6.45) is 1.41. The summed E-state index contributed by atoms with van der Waals surface area (Å²) < 4.78 is 5.07. The fourth-order valence-electron chi connectivity index (χ4n) is 2.33. The Morgan fingerprint density at radius 1 is 0.759 bits per heavy atom. The van der Waals surface area contributed by atoms with Crippen molar-refractivity contribution in [2.45, 2.75) is 45.1 Å². The van der Waals surface area contributed by atoms with Gasteiger partial charge in [0, 0.05) is 38.9 Å². The van der Waals surface area contributed by atoms with Crippen LogP contribution >= 0.6 is 0 Å². The number of alkyl carbamates (subject to hydrolysis) is 1. The van der Waals surface area contributed by atoms with Gasteiger partial charge in [0.15, 0.2) is 0 Å². The molecule has 0 fully saturated rings. The van der Waals surface area contributed by atoms with Crippen LogP contribution in [0, 0.1) is 0 Å². The van der Waals surface area contributed by atoms with Gasteiger partial charge in [-0.05, 0) is 24.8 Å². The summed E-state index contributed by atoms with van der Waals surface area (Å²) in [6.45, 7) is 1.24. The second-order valence-electron chi connectivity index (χ2n) is 6.39. The molecule has 1 aromatic rings. The summed E-state index contributed by atoms with van der Waals surface area (Å²) in [4.78, 5) is 45.1. The second-order valence-corrected chi connectivity index (χ2v) is 6.39. The maximum atomic E-state index is 11.7. The Bertz CT molecular complexity index is 651. The van der Waals surface area contributed by atoms with Gasteiger partial charge in [0.05, 0.1) is 0 Å². The van der Waals surface area contributed by atoms with Crippen LogP contribution < -0.4 is 16.0 Å². The Hall–Kier alpha value is -3.10. The van der Waals surface area contributed by atoms with E-state index in [9.17, 15) is 19.2 Å². The number of carbonyl (C=O) groups is 4. The lowest BCUT2D eigenvalue weighted by molar-refractivity contribution is -0.137. The third kappa shape index (κ3) is 13.7. The van der Waals surface area contributed by atoms with Crippen molar-refractivity contribution in [2.24, 2.45) is 0 Å². The molecule has 1 aromatic carbocycles. The molecule has 3 amide bonds. The number of carboxylic acid groups (broad SMARTS) is 1. The number of ether oxygens (including phenoxy) is 1. The van der Waals surface area contributed by atoms with Gasteiger partial charge >= 0.3 is 12.1 Å². The summed E-state index contributed by atoms with van der Waals surface area (Å²) in [5, 5.41) is 16.4. The van der Waals surface area contributed by atoms with E-state index in [-0.39, 0.29) is 37.7 Å². The first-order valence-electron chi connectivity index (χ1n) is 9.67. The molecule has 0 heterocycles. The molecule has 0 saturated carbocycles. The highest BCUT2D eigenvalue weighted by molar-refractivity contribution is 5.77. The molecule has 0 aromatic heterocycles. The smallest absolute Gasteiger partial charge is 0.407 e. The molecule has 0 aliphatic heterocycles. The normalized spacial score (nSPS) is 10.1. The van der Waals surface area contributed by atoms with E-state index in [2.05, 4.69) is 16.0 Å². The number of hydrogen-bond donors (Lipinski definition) is 4. The van der Waals surface area contributed by atoms with Crippen LogP contribution in [0.25, 0.3) is 0 Å². The topological polar surface area (TPSA) is 134 Å². The molecule has 29 heavy (non-hydrogen) atoms. The lowest BCUT2D eigenvalue weighted by Gasteiger charge is -2.08. The average Bonchev–Trinajstić information content (AvgIpc) is 2.71. The van der Waals surface area contributed by atoms with Gasteiger partial charge < -0.3 is 25.8 Å². The molecular formula is C20H29N3O6. The Morgan fingerprint density at radius 3 is 1.83 bits per heavy atom. The summed E-state index contributed by atoms with van der Waals surface area (Å²) in [7, 11) is 0. The van der Waals surface area contributed by atoms with Crippen LogP contribution in [-0.4, -0.2) is 48.6 Å². The van der Waals surface area contributed by atoms with Crippen LogP contribution in [0.4, 0.5) is 4.79 Å². The number of hydrogen-bond acceptors (Lipinski definition) is 5. The van der Waals surface area contributed by atoms with Gasteiger partial charge in [-0.1, -0.05) is 30.3 Å². The minimum atomic E-state index is -0.888. The van der Waals surface area contributed by atoms with Crippen molar-refractivity contribution in [1.29, 1.82) is 0 Å². The Labute approximate surface area is 170 Å². The summed E-state index contributed by atoms with van der Waals surface area (Å²) in [5.74, 6) is -1.20. The maximum Gasteiger partial charge on any atom is 0.407 e. The Kier molecular flexibility index (Phi) is 12.3. The highest BCUT2D eigenvalue weighted by Crippen LogP contribution is 2.00. The lowest BCUT2D eigenvalue weighted by atomic mass is 10.2. The minimum absolute atomic E-state index is 0.0238. The number of nitrogens with one attached hydrogen (secondary N) is 3. The monoisotopic (exact) mass is 407 g/mol. The molecule has 1 rings (SSSR count). The first-order chi connectivity index (χ1) is 14.0. The number of carboxylic acids is 1. The SMILES string of the molecule is O=C(O)CCCNC(=O)CCCNC(=O)CCCNC(=O)OCc1ccccc1. The molecule has 0 aliphatic rings. The number of aliphatic carboxylic acids is 1. The molecule has 0 saturated heterocycles. The predicted octanol–water partition coefficient (Wildman–Crippen LogP) is 1.57. The van der Waals surface area contributed by atoms with Crippen molar-refractivity contribution in [3.8, 4) is 0 Å². The van der Waals surface area contributed by atoms with Crippen LogP contribution in [0.15, 0.2) is 30.3 Å². The largest absolute Gasteiger partial charge is 0.481 e. The molecule has 9 nitrogen and oxygen atoms in total. The lowest BCUT2D eigenvalue weighted by Crippen LogP contribution is -2.29. The van der Waals surface area contributed by atoms with Gasteiger partial charge in [-0.25, -0.2) is 4.79 Å². The van der Waals surface area contributed by atoms with Crippen LogP contribution in [0.3, 0.4) is 0 Å². The Balaban J connectivity index is 1.95. The molecule has 4 N–H and O–H groups in total. The van der Waals surface area contributed by atoms with E-state index in [0.29, 0.717) is 38.9 Å². The molecule has 9 heteroatoms. The van der Waals surface area contributed by atoms with Crippen molar-refractivity contribution in [3.63, 3.8) is 0 Å². The average molecular weight is 407 g/mol. The van der Waals surface area contributed by atoms with Gasteiger partial charge in [-0.2, -0.15) is 0 Å². The number of amides is 3. The zero-order valence-electron chi connectivity index (χ0n) is 16.4. The minimum Gasteiger partial charge on any atom is -0.481 e. The van der Waals surface area contributed by atoms with E-state index in [1.54, 1.807) is 0 Å². The second kappa shape index (κ2) is 14.9. The molecule has 0 unspecified atom stereocenters. The van der Waals surface area contributed by atoms with Gasteiger partial charge in [-0.15, -0.1) is 0 Å². The zero-order valence-corrected chi connectivity index (χ0v) is 16.4. The molecule has 0 atom stereocenters. The summed E-state index contributed by atoms with van der Waals surface area (Å²) in [6, 6.07) is 9.34. The van der Waals surface area contributed by atoms with Crippen molar-refractivity contribution >= 4 is 23.9 Å². The number of benzene rings is 1. The zero-order chi connectivity index (χ0) is 21.3. The quantitative estimate of drug-likeness (QED) is 0.346.